The zero-order chi connectivity index (χ0) is 13.1. The van der Waals surface area contributed by atoms with E-state index in [1.165, 1.54) is 25.7 Å². The Balaban J connectivity index is 1.98. The molecule has 0 spiro atoms. The molecule has 2 aliphatic rings. The third-order valence-electron chi connectivity index (χ3n) is 4.39. The highest BCUT2D eigenvalue weighted by atomic mass is 16.2. The van der Waals surface area contributed by atoms with Crippen molar-refractivity contribution in [3.05, 3.63) is 12.7 Å². The van der Waals surface area contributed by atoms with Gasteiger partial charge in [-0.05, 0) is 39.0 Å². The van der Waals surface area contributed by atoms with Crippen LogP contribution in [0.1, 0.15) is 46.0 Å². The second-order valence-electron chi connectivity index (χ2n) is 5.98. The predicted molar refractivity (Wildman–Crippen MR) is 74.3 cm³/mol. The third kappa shape index (κ3) is 2.77. The van der Waals surface area contributed by atoms with Crippen LogP contribution in [0, 0.1) is 5.92 Å². The number of hydrogen-bond acceptors (Lipinski definition) is 2. The van der Waals surface area contributed by atoms with Gasteiger partial charge in [-0.25, -0.2) is 0 Å². The molecule has 3 nitrogen and oxygen atoms in total. The first-order valence-corrected chi connectivity index (χ1v) is 7.31. The smallest absolute Gasteiger partial charge is 0.240 e. The number of nitrogens with zero attached hydrogens (tertiary/aromatic N) is 1. The lowest BCUT2D eigenvalue weighted by Gasteiger charge is -2.28. The molecule has 1 saturated heterocycles. The van der Waals surface area contributed by atoms with E-state index >= 15 is 0 Å². The van der Waals surface area contributed by atoms with Gasteiger partial charge in [0.1, 0.15) is 0 Å². The maximum atomic E-state index is 12.5. The second-order valence-corrected chi connectivity index (χ2v) is 5.98. The predicted octanol–water partition coefficient (Wildman–Crippen LogP) is 2.33. The number of hydrogen-bond donors (Lipinski definition) is 1. The van der Waals surface area contributed by atoms with Gasteiger partial charge in [-0.15, -0.1) is 6.58 Å². The van der Waals surface area contributed by atoms with Crippen molar-refractivity contribution in [2.75, 3.05) is 6.54 Å². The highest BCUT2D eigenvalue weighted by Crippen LogP contribution is 2.33. The molecule has 1 saturated carbocycles. The number of carbonyl (C=O) groups is 1. The van der Waals surface area contributed by atoms with Crippen LogP contribution in [0.2, 0.25) is 0 Å². The molecule has 2 fully saturated rings. The maximum absolute atomic E-state index is 12.5. The minimum absolute atomic E-state index is 0.0421. The average molecular weight is 250 g/mol. The topological polar surface area (TPSA) is 32.3 Å². The summed E-state index contributed by atoms with van der Waals surface area (Å²) >= 11 is 0. The maximum Gasteiger partial charge on any atom is 0.240 e. The Kier molecular flexibility index (Phi) is 4.44. The summed E-state index contributed by atoms with van der Waals surface area (Å²) < 4.78 is 0. The van der Waals surface area contributed by atoms with E-state index in [0.717, 1.165) is 12.3 Å². The van der Waals surface area contributed by atoms with E-state index in [1.54, 1.807) is 0 Å². The lowest BCUT2D eigenvalue weighted by Crippen LogP contribution is -2.48. The van der Waals surface area contributed by atoms with Crippen molar-refractivity contribution < 1.29 is 4.79 Å². The van der Waals surface area contributed by atoms with Crippen LogP contribution in [-0.4, -0.2) is 35.5 Å². The van der Waals surface area contributed by atoms with Crippen molar-refractivity contribution in [3.63, 3.8) is 0 Å². The summed E-state index contributed by atoms with van der Waals surface area (Å²) in [7, 11) is 0. The number of nitrogens with one attached hydrogen (secondary N) is 1. The summed E-state index contributed by atoms with van der Waals surface area (Å²) in [4.78, 5) is 14.5. The van der Waals surface area contributed by atoms with E-state index < -0.39 is 0 Å². The summed E-state index contributed by atoms with van der Waals surface area (Å²) in [5, 5.41) is 3.56. The summed E-state index contributed by atoms with van der Waals surface area (Å²) in [6.07, 6.45) is 8.05. The Hall–Kier alpha value is -0.830. The van der Waals surface area contributed by atoms with Crippen LogP contribution in [0.25, 0.3) is 0 Å². The van der Waals surface area contributed by atoms with Gasteiger partial charge in [-0.3, -0.25) is 4.79 Å². The van der Waals surface area contributed by atoms with Crippen LogP contribution in [-0.2, 0) is 4.79 Å². The summed E-state index contributed by atoms with van der Waals surface area (Å²) in [6.45, 7) is 8.55. The third-order valence-corrected chi connectivity index (χ3v) is 4.39. The normalized spacial score (nSPS) is 31.2. The van der Waals surface area contributed by atoms with Gasteiger partial charge in [0.05, 0.1) is 6.04 Å². The van der Waals surface area contributed by atoms with Gasteiger partial charge in [0, 0.05) is 18.6 Å². The van der Waals surface area contributed by atoms with Gasteiger partial charge in [-0.1, -0.05) is 18.9 Å². The second kappa shape index (κ2) is 5.87. The zero-order valence-electron chi connectivity index (χ0n) is 11.7. The van der Waals surface area contributed by atoms with E-state index in [1.807, 2.05) is 11.0 Å². The standard InChI is InChI=1S/C15H26N2O/c1-4-9-17(11(2)3)15(18)14-10-12-7-5-6-8-13(12)16-14/h4,11-14,16H,1,5-10H2,2-3H3. The van der Waals surface area contributed by atoms with Crippen LogP contribution in [0.4, 0.5) is 0 Å². The Morgan fingerprint density at radius 3 is 2.78 bits per heavy atom. The van der Waals surface area contributed by atoms with Crippen LogP contribution in [0.5, 0.6) is 0 Å². The number of fused-ring (bicyclic) bond motifs is 1. The van der Waals surface area contributed by atoms with Crippen LogP contribution < -0.4 is 5.32 Å². The molecule has 2 rings (SSSR count). The number of rotatable bonds is 4. The zero-order valence-corrected chi connectivity index (χ0v) is 11.7. The fraction of sp³-hybridized carbons (Fsp3) is 0.800. The highest BCUT2D eigenvalue weighted by molar-refractivity contribution is 5.82. The quantitative estimate of drug-likeness (QED) is 0.777. The molecule has 102 valence electrons. The molecular formula is C15H26N2O. The van der Waals surface area contributed by atoms with E-state index in [0.29, 0.717) is 12.6 Å². The minimum atomic E-state index is 0.0421. The Morgan fingerprint density at radius 1 is 1.44 bits per heavy atom. The van der Waals surface area contributed by atoms with Crippen LogP contribution >= 0.6 is 0 Å². The molecule has 1 heterocycles. The van der Waals surface area contributed by atoms with Gasteiger partial charge in [0.15, 0.2) is 0 Å². The SMILES string of the molecule is C=CCN(C(=O)C1CC2CCCCC2N1)C(C)C. The molecule has 0 bridgehead atoms. The van der Waals surface area contributed by atoms with E-state index in [-0.39, 0.29) is 18.0 Å². The monoisotopic (exact) mass is 250 g/mol. The molecule has 3 atom stereocenters. The first-order valence-electron chi connectivity index (χ1n) is 7.31. The van der Waals surface area contributed by atoms with Gasteiger partial charge in [0.2, 0.25) is 5.91 Å². The van der Waals surface area contributed by atoms with Crippen molar-refractivity contribution in [2.24, 2.45) is 5.92 Å². The van der Waals surface area contributed by atoms with Crippen molar-refractivity contribution in [3.8, 4) is 0 Å². The summed E-state index contributed by atoms with van der Waals surface area (Å²) in [6, 6.07) is 0.880. The largest absolute Gasteiger partial charge is 0.335 e. The van der Waals surface area contributed by atoms with Crippen molar-refractivity contribution >= 4 is 5.91 Å². The molecule has 3 unspecified atom stereocenters. The van der Waals surface area contributed by atoms with Gasteiger partial charge in [-0.2, -0.15) is 0 Å². The summed E-state index contributed by atoms with van der Waals surface area (Å²) in [5.74, 6) is 0.991. The molecule has 0 aromatic carbocycles. The fourth-order valence-electron chi connectivity index (χ4n) is 3.41. The highest BCUT2D eigenvalue weighted by Gasteiger charge is 2.39. The lowest BCUT2D eigenvalue weighted by atomic mass is 9.85. The van der Waals surface area contributed by atoms with E-state index in [2.05, 4.69) is 25.7 Å². The first-order chi connectivity index (χ1) is 8.63. The Morgan fingerprint density at radius 2 is 2.17 bits per heavy atom. The van der Waals surface area contributed by atoms with E-state index in [4.69, 9.17) is 0 Å². The fourth-order valence-corrected chi connectivity index (χ4v) is 3.41. The minimum Gasteiger partial charge on any atom is -0.335 e. The first kappa shape index (κ1) is 13.6. The van der Waals surface area contributed by atoms with Gasteiger partial charge in [0.25, 0.3) is 0 Å². The van der Waals surface area contributed by atoms with Crippen molar-refractivity contribution in [2.45, 2.75) is 64.1 Å². The van der Waals surface area contributed by atoms with Crippen LogP contribution in [0.3, 0.4) is 0 Å². The molecule has 0 radical (unpaired) electrons. The lowest BCUT2D eigenvalue weighted by molar-refractivity contribution is -0.134. The summed E-state index contributed by atoms with van der Waals surface area (Å²) in [5.41, 5.74) is 0. The van der Waals surface area contributed by atoms with E-state index in [9.17, 15) is 4.79 Å². The number of amides is 1. The van der Waals surface area contributed by atoms with Gasteiger partial charge >= 0.3 is 0 Å². The Bertz CT molecular complexity index is 300. The van der Waals surface area contributed by atoms with Gasteiger partial charge < -0.3 is 10.2 Å². The van der Waals surface area contributed by atoms with Crippen LogP contribution in [0.15, 0.2) is 12.7 Å². The molecule has 1 N–H and O–H groups in total. The van der Waals surface area contributed by atoms with Crippen molar-refractivity contribution in [1.82, 2.24) is 10.2 Å². The molecule has 1 aliphatic carbocycles. The Labute approximate surface area is 111 Å². The molecule has 0 aromatic rings. The molecular weight excluding hydrogens is 224 g/mol. The number of carbonyl (C=O) groups excluding carboxylic acids is 1. The molecule has 1 aliphatic heterocycles. The molecule has 0 aromatic heterocycles. The molecule has 18 heavy (non-hydrogen) atoms. The molecule has 1 amide bonds. The van der Waals surface area contributed by atoms with Crippen molar-refractivity contribution in [1.29, 1.82) is 0 Å². The average Bonchev–Trinajstić information content (AvgIpc) is 2.78. The molecule has 3 heteroatoms.